The molecular formula is C15H10Cl2FN3. The topological polar surface area (TPSA) is 43.8 Å². The molecule has 0 amide bonds. The van der Waals surface area contributed by atoms with Crippen molar-refractivity contribution in [2.45, 2.75) is 0 Å². The lowest BCUT2D eigenvalue weighted by atomic mass is 10.1. The van der Waals surface area contributed by atoms with Crippen molar-refractivity contribution in [1.29, 1.82) is 0 Å². The number of rotatable bonds is 2. The van der Waals surface area contributed by atoms with E-state index in [1.807, 2.05) is 18.2 Å². The van der Waals surface area contributed by atoms with Gasteiger partial charge in [-0.3, -0.25) is 0 Å². The van der Waals surface area contributed by atoms with E-state index in [1.165, 1.54) is 16.8 Å². The van der Waals surface area contributed by atoms with Gasteiger partial charge in [0, 0.05) is 11.6 Å². The molecule has 3 nitrogen and oxygen atoms in total. The first-order valence-electron chi connectivity index (χ1n) is 6.12. The van der Waals surface area contributed by atoms with Crippen LogP contribution in [0.4, 0.5) is 10.2 Å². The lowest BCUT2D eigenvalue weighted by Gasteiger charge is -2.05. The monoisotopic (exact) mass is 321 g/mol. The molecule has 2 aromatic carbocycles. The zero-order valence-corrected chi connectivity index (χ0v) is 12.2. The van der Waals surface area contributed by atoms with E-state index < -0.39 is 5.82 Å². The third-order valence-electron chi connectivity index (χ3n) is 3.03. The summed E-state index contributed by atoms with van der Waals surface area (Å²) >= 11 is 11.9. The highest BCUT2D eigenvalue weighted by molar-refractivity contribution is 6.33. The number of aromatic nitrogens is 2. The van der Waals surface area contributed by atoms with Gasteiger partial charge >= 0.3 is 0 Å². The van der Waals surface area contributed by atoms with Gasteiger partial charge in [-0.15, -0.1) is 0 Å². The predicted molar refractivity (Wildman–Crippen MR) is 83.4 cm³/mol. The van der Waals surface area contributed by atoms with Crippen LogP contribution in [0.5, 0.6) is 0 Å². The zero-order valence-electron chi connectivity index (χ0n) is 10.7. The fraction of sp³-hybridized carbons (Fsp3) is 0. The average Bonchev–Trinajstić information content (AvgIpc) is 2.84. The highest BCUT2D eigenvalue weighted by Crippen LogP contribution is 2.29. The van der Waals surface area contributed by atoms with Gasteiger partial charge in [0.05, 0.1) is 21.4 Å². The summed E-state index contributed by atoms with van der Waals surface area (Å²) in [5.74, 6) is -0.0786. The van der Waals surface area contributed by atoms with Gasteiger partial charge in [0.25, 0.3) is 0 Å². The third kappa shape index (κ3) is 2.60. The smallest absolute Gasteiger partial charge is 0.141 e. The number of benzene rings is 2. The summed E-state index contributed by atoms with van der Waals surface area (Å²) in [5.41, 5.74) is 7.96. The summed E-state index contributed by atoms with van der Waals surface area (Å²) in [6, 6.07) is 13.3. The molecule has 1 aromatic heterocycles. The van der Waals surface area contributed by atoms with Crippen molar-refractivity contribution in [2.75, 3.05) is 5.73 Å². The van der Waals surface area contributed by atoms with Crippen LogP contribution >= 0.6 is 23.2 Å². The average molecular weight is 322 g/mol. The zero-order chi connectivity index (χ0) is 15.0. The van der Waals surface area contributed by atoms with Crippen molar-refractivity contribution in [3.05, 3.63) is 64.4 Å². The Morgan fingerprint density at radius 1 is 1.00 bits per heavy atom. The molecule has 21 heavy (non-hydrogen) atoms. The van der Waals surface area contributed by atoms with Crippen LogP contribution in [0.15, 0.2) is 48.5 Å². The van der Waals surface area contributed by atoms with Crippen LogP contribution in [0.25, 0.3) is 16.9 Å². The molecule has 0 fully saturated rings. The fourth-order valence-corrected chi connectivity index (χ4v) is 2.43. The molecule has 1 heterocycles. The molecule has 6 heteroatoms. The molecule has 3 rings (SSSR count). The quantitative estimate of drug-likeness (QED) is 0.751. The van der Waals surface area contributed by atoms with Crippen molar-refractivity contribution >= 4 is 29.0 Å². The first-order chi connectivity index (χ1) is 10.1. The molecule has 0 aliphatic heterocycles. The normalized spacial score (nSPS) is 10.8. The second kappa shape index (κ2) is 5.39. The second-order valence-electron chi connectivity index (χ2n) is 4.44. The number of hydrogen-bond acceptors (Lipinski definition) is 2. The van der Waals surface area contributed by atoms with Crippen molar-refractivity contribution in [2.24, 2.45) is 0 Å². The maximum Gasteiger partial charge on any atom is 0.141 e. The first-order valence-corrected chi connectivity index (χ1v) is 6.88. The summed E-state index contributed by atoms with van der Waals surface area (Å²) < 4.78 is 14.7. The van der Waals surface area contributed by atoms with Crippen LogP contribution in [0, 0.1) is 5.82 Å². The van der Waals surface area contributed by atoms with Gasteiger partial charge in [0.1, 0.15) is 11.6 Å². The molecule has 0 spiro atoms. The maximum absolute atomic E-state index is 13.2. The number of anilines is 1. The Bertz CT molecular complexity index is 814. The van der Waals surface area contributed by atoms with E-state index in [4.69, 9.17) is 28.9 Å². The summed E-state index contributed by atoms with van der Waals surface area (Å²) in [6.45, 7) is 0. The van der Waals surface area contributed by atoms with Crippen LogP contribution in [-0.2, 0) is 0 Å². The minimum absolute atomic E-state index is 0.0155. The van der Waals surface area contributed by atoms with E-state index in [9.17, 15) is 4.39 Å². The molecule has 0 saturated heterocycles. The molecule has 0 unspecified atom stereocenters. The standard InChI is InChI=1S/C15H10Cl2FN3/c16-11-4-2-1-3-10(11)14-8-15(19)21(20-14)9-5-6-13(18)12(17)7-9/h1-8H,19H2. The lowest BCUT2D eigenvalue weighted by molar-refractivity contribution is 0.627. The highest BCUT2D eigenvalue weighted by atomic mass is 35.5. The molecule has 2 N–H and O–H groups in total. The number of nitrogen functional groups attached to an aromatic ring is 1. The molecule has 0 atom stereocenters. The minimum Gasteiger partial charge on any atom is -0.384 e. The van der Waals surface area contributed by atoms with Crippen molar-refractivity contribution < 1.29 is 4.39 Å². The maximum atomic E-state index is 13.2. The van der Waals surface area contributed by atoms with E-state index in [2.05, 4.69) is 5.10 Å². The Morgan fingerprint density at radius 3 is 2.48 bits per heavy atom. The Labute approximate surface area is 130 Å². The highest BCUT2D eigenvalue weighted by Gasteiger charge is 2.12. The largest absolute Gasteiger partial charge is 0.384 e. The molecule has 0 saturated carbocycles. The summed E-state index contributed by atoms with van der Waals surface area (Å²) in [5, 5.41) is 5.01. The molecule has 0 aliphatic carbocycles. The number of nitrogens with two attached hydrogens (primary N) is 1. The van der Waals surface area contributed by atoms with Crippen LogP contribution in [0.3, 0.4) is 0 Å². The van der Waals surface area contributed by atoms with Crippen LogP contribution in [0.2, 0.25) is 10.0 Å². The Kier molecular flexibility index (Phi) is 3.57. The van der Waals surface area contributed by atoms with Crippen LogP contribution in [0.1, 0.15) is 0 Å². The molecule has 0 radical (unpaired) electrons. The van der Waals surface area contributed by atoms with Gasteiger partial charge < -0.3 is 5.73 Å². The number of nitrogens with zero attached hydrogens (tertiary/aromatic N) is 2. The summed E-state index contributed by atoms with van der Waals surface area (Å²) in [6.07, 6.45) is 0. The SMILES string of the molecule is Nc1cc(-c2ccccc2Cl)nn1-c1ccc(F)c(Cl)c1. The lowest BCUT2D eigenvalue weighted by Crippen LogP contribution is -2.01. The Hall–Kier alpha value is -2.04. The van der Waals surface area contributed by atoms with Crippen molar-refractivity contribution in [1.82, 2.24) is 9.78 Å². The molecule has 0 aliphatic rings. The van der Waals surface area contributed by atoms with Crippen LogP contribution in [-0.4, -0.2) is 9.78 Å². The second-order valence-corrected chi connectivity index (χ2v) is 5.26. The minimum atomic E-state index is -0.488. The third-order valence-corrected chi connectivity index (χ3v) is 3.65. The number of hydrogen-bond donors (Lipinski definition) is 1. The van der Waals surface area contributed by atoms with E-state index >= 15 is 0 Å². The predicted octanol–water partition coefficient (Wildman–Crippen LogP) is 4.57. The van der Waals surface area contributed by atoms with Gasteiger partial charge in [0.2, 0.25) is 0 Å². The van der Waals surface area contributed by atoms with Gasteiger partial charge in [-0.25, -0.2) is 9.07 Å². The summed E-state index contributed by atoms with van der Waals surface area (Å²) in [4.78, 5) is 0. The van der Waals surface area contributed by atoms with Crippen molar-refractivity contribution in [3.63, 3.8) is 0 Å². The molecular weight excluding hydrogens is 312 g/mol. The van der Waals surface area contributed by atoms with Crippen LogP contribution < -0.4 is 5.73 Å². The first kappa shape index (κ1) is 13.9. The van der Waals surface area contributed by atoms with E-state index in [1.54, 1.807) is 18.2 Å². The van der Waals surface area contributed by atoms with Gasteiger partial charge in [-0.1, -0.05) is 41.4 Å². The van der Waals surface area contributed by atoms with Gasteiger partial charge in [-0.05, 0) is 24.3 Å². The Morgan fingerprint density at radius 2 is 1.76 bits per heavy atom. The molecule has 3 aromatic rings. The fourth-order valence-electron chi connectivity index (χ4n) is 2.02. The van der Waals surface area contributed by atoms with Gasteiger partial charge in [-0.2, -0.15) is 5.10 Å². The summed E-state index contributed by atoms with van der Waals surface area (Å²) in [7, 11) is 0. The van der Waals surface area contributed by atoms with Gasteiger partial charge in [0.15, 0.2) is 0 Å². The van der Waals surface area contributed by atoms with E-state index in [0.717, 1.165) is 5.56 Å². The van der Waals surface area contributed by atoms with E-state index in [-0.39, 0.29) is 5.02 Å². The van der Waals surface area contributed by atoms with E-state index in [0.29, 0.717) is 22.2 Å². The molecule has 106 valence electrons. The Balaban J connectivity index is 2.10. The number of halogens is 3. The van der Waals surface area contributed by atoms with Crippen molar-refractivity contribution in [3.8, 4) is 16.9 Å². The molecule has 0 bridgehead atoms.